The zero-order chi connectivity index (χ0) is 13.7. The van der Waals surface area contributed by atoms with Crippen LogP contribution in [-0.2, 0) is 0 Å². The number of nitrogens with one attached hydrogen (secondary N) is 1. The molecule has 0 spiro atoms. The van der Waals surface area contributed by atoms with E-state index in [1.54, 1.807) is 13.3 Å². The van der Waals surface area contributed by atoms with Crippen LogP contribution in [0.4, 0.5) is 5.82 Å². The minimum atomic E-state index is -0.611. The van der Waals surface area contributed by atoms with E-state index in [4.69, 9.17) is 4.74 Å². The molecule has 1 aromatic heterocycles. The molecule has 1 aromatic carbocycles. The van der Waals surface area contributed by atoms with Crippen LogP contribution in [0.25, 0.3) is 0 Å². The molecule has 2 aromatic rings. The average molecular weight is 323 g/mol. The zero-order valence-corrected chi connectivity index (χ0v) is 12.1. The minimum absolute atomic E-state index is 0.391. The number of aliphatic hydroxyl groups is 1. The third-order valence-electron chi connectivity index (χ3n) is 2.68. The summed E-state index contributed by atoms with van der Waals surface area (Å²) in [6.45, 7) is 0.391. The number of aromatic nitrogens is 1. The molecule has 0 amide bonds. The number of nitrogens with zero attached hydrogens (tertiary/aromatic N) is 1. The van der Waals surface area contributed by atoms with E-state index in [2.05, 4.69) is 26.2 Å². The maximum absolute atomic E-state index is 10.1. The van der Waals surface area contributed by atoms with Crippen molar-refractivity contribution in [3.05, 3.63) is 52.6 Å². The first-order valence-electron chi connectivity index (χ1n) is 5.86. The van der Waals surface area contributed by atoms with Crippen molar-refractivity contribution in [1.82, 2.24) is 4.98 Å². The molecular formula is C14H15BrN2O2. The Morgan fingerprint density at radius 2 is 2.21 bits per heavy atom. The van der Waals surface area contributed by atoms with Crippen molar-refractivity contribution >= 4 is 21.7 Å². The molecule has 4 nitrogen and oxygen atoms in total. The lowest BCUT2D eigenvalue weighted by Gasteiger charge is -2.13. The molecule has 0 saturated heterocycles. The fourth-order valence-electron chi connectivity index (χ4n) is 1.65. The number of hydrogen-bond donors (Lipinski definition) is 2. The summed E-state index contributed by atoms with van der Waals surface area (Å²) in [5.74, 6) is 1.46. The first-order chi connectivity index (χ1) is 9.19. The molecule has 19 heavy (non-hydrogen) atoms. The fourth-order valence-corrected chi connectivity index (χ4v) is 1.88. The highest BCUT2D eigenvalue weighted by atomic mass is 79.9. The monoisotopic (exact) mass is 322 g/mol. The lowest BCUT2D eigenvalue weighted by atomic mass is 10.1. The summed E-state index contributed by atoms with van der Waals surface area (Å²) in [5, 5.41) is 13.2. The number of ether oxygens (including phenoxy) is 1. The zero-order valence-electron chi connectivity index (χ0n) is 10.5. The van der Waals surface area contributed by atoms with Crippen molar-refractivity contribution < 1.29 is 9.84 Å². The van der Waals surface area contributed by atoms with Crippen molar-refractivity contribution in [3.8, 4) is 5.75 Å². The fraction of sp³-hybridized carbons (Fsp3) is 0.214. The number of hydrogen-bond acceptors (Lipinski definition) is 4. The van der Waals surface area contributed by atoms with Gasteiger partial charge in [-0.3, -0.25) is 0 Å². The summed E-state index contributed by atoms with van der Waals surface area (Å²) in [6, 6.07) is 11.1. The Kier molecular flexibility index (Phi) is 4.76. The third kappa shape index (κ3) is 3.94. The number of rotatable bonds is 5. The standard InChI is InChI=1S/C14H15BrN2O2/c1-19-12-4-2-3-10(7-12)13(18)9-17-14-6-5-11(15)8-16-14/h2-8,13,18H,9H2,1H3,(H,16,17). The number of pyridine rings is 1. The van der Waals surface area contributed by atoms with Gasteiger partial charge in [-0.2, -0.15) is 0 Å². The Bertz CT molecular complexity index is 531. The van der Waals surface area contributed by atoms with Gasteiger partial charge in [0.2, 0.25) is 0 Å². The van der Waals surface area contributed by atoms with E-state index in [9.17, 15) is 5.11 Å². The van der Waals surface area contributed by atoms with Gasteiger partial charge >= 0.3 is 0 Å². The molecule has 2 N–H and O–H groups in total. The van der Waals surface area contributed by atoms with Gasteiger partial charge in [0.1, 0.15) is 11.6 Å². The van der Waals surface area contributed by atoms with Crippen molar-refractivity contribution in [2.75, 3.05) is 19.0 Å². The molecular weight excluding hydrogens is 308 g/mol. The first-order valence-corrected chi connectivity index (χ1v) is 6.66. The van der Waals surface area contributed by atoms with Crippen LogP contribution < -0.4 is 10.1 Å². The maximum atomic E-state index is 10.1. The van der Waals surface area contributed by atoms with Crippen LogP contribution in [-0.4, -0.2) is 23.7 Å². The van der Waals surface area contributed by atoms with E-state index in [0.29, 0.717) is 6.54 Å². The number of methoxy groups -OCH3 is 1. The van der Waals surface area contributed by atoms with Crippen LogP contribution in [0.5, 0.6) is 5.75 Å². The van der Waals surface area contributed by atoms with Gasteiger partial charge in [-0.15, -0.1) is 0 Å². The van der Waals surface area contributed by atoms with Crippen LogP contribution >= 0.6 is 15.9 Å². The second kappa shape index (κ2) is 6.54. The summed E-state index contributed by atoms with van der Waals surface area (Å²) in [7, 11) is 1.61. The minimum Gasteiger partial charge on any atom is -0.497 e. The Labute approximate surface area is 120 Å². The van der Waals surface area contributed by atoms with Gasteiger partial charge in [0.05, 0.1) is 13.2 Å². The second-order valence-electron chi connectivity index (χ2n) is 4.03. The smallest absolute Gasteiger partial charge is 0.126 e. The molecule has 0 aliphatic heterocycles. The van der Waals surface area contributed by atoms with Gasteiger partial charge < -0.3 is 15.2 Å². The second-order valence-corrected chi connectivity index (χ2v) is 4.95. The summed E-state index contributed by atoms with van der Waals surface area (Å²) in [6.07, 6.45) is 1.10. The van der Waals surface area contributed by atoms with E-state index in [1.807, 2.05) is 36.4 Å². The molecule has 0 fully saturated rings. The number of anilines is 1. The predicted molar refractivity (Wildman–Crippen MR) is 78.4 cm³/mol. The average Bonchev–Trinajstić information content (AvgIpc) is 2.46. The number of aliphatic hydroxyl groups excluding tert-OH is 1. The van der Waals surface area contributed by atoms with Crippen molar-refractivity contribution in [2.45, 2.75) is 6.10 Å². The van der Waals surface area contributed by atoms with Crippen LogP contribution in [0.1, 0.15) is 11.7 Å². The van der Waals surface area contributed by atoms with Gasteiger partial charge in [0.25, 0.3) is 0 Å². The Morgan fingerprint density at radius 3 is 2.89 bits per heavy atom. The summed E-state index contributed by atoms with van der Waals surface area (Å²) < 4.78 is 6.05. The van der Waals surface area contributed by atoms with Crippen molar-refractivity contribution in [3.63, 3.8) is 0 Å². The highest BCUT2D eigenvalue weighted by Gasteiger charge is 2.08. The van der Waals surface area contributed by atoms with Gasteiger partial charge in [-0.05, 0) is 45.8 Å². The summed E-state index contributed by atoms with van der Waals surface area (Å²) in [4.78, 5) is 4.18. The van der Waals surface area contributed by atoms with E-state index in [0.717, 1.165) is 21.6 Å². The van der Waals surface area contributed by atoms with E-state index in [1.165, 1.54) is 0 Å². The van der Waals surface area contributed by atoms with Crippen LogP contribution in [0.3, 0.4) is 0 Å². The maximum Gasteiger partial charge on any atom is 0.126 e. The highest BCUT2D eigenvalue weighted by Crippen LogP contribution is 2.19. The van der Waals surface area contributed by atoms with Crippen LogP contribution in [0.15, 0.2) is 47.1 Å². The van der Waals surface area contributed by atoms with Gasteiger partial charge in [-0.25, -0.2) is 4.98 Å². The number of halogens is 1. The van der Waals surface area contributed by atoms with Crippen molar-refractivity contribution in [2.24, 2.45) is 0 Å². The normalized spacial score (nSPS) is 11.9. The third-order valence-corrected chi connectivity index (χ3v) is 3.15. The molecule has 0 saturated carbocycles. The molecule has 1 atom stereocenters. The van der Waals surface area contributed by atoms with Crippen LogP contribution in [0, 0.1) is 0 Å². The molecule has 1 heterocycles. The summed E-state index contributed by atoms with van der Waals surface area (Å²) >= 11 is 3.32. The van der Waals surface area contributed by atoms with E-state index in [-0.39, 0.29) is 0 Å². The SMILES string of the molecule is COc1cccc(C(O)CNc2ccc(Br)cn2)c1. The molecule has 0 bridgehead atoms. The van der Waals surface area contributed by atoms with Gasteiger partial charge in [0.15, 0.2) is 0 Å². The molecule has 2 rings (SSSR count). The van der Waals surface area contributed by atoms with Gasteiger partial charge in [0, 0.05) is 17.2 Å². The van der Waals surface area contributed by atoms with Crippen molar-refractivity contribution in [1.29, 1.82) is 0 Å². The highest BCUT2D eigenvalue weighted by molar-refractivity contribution is 9.10. The molecule has 5 heteroatoms. The lowest BCUT2D eigenvalue weighted by molar-refractivity contribution is 0.191. The topological polar surface area (TPSA) is 54.4 Å². The Morgan fingerprint density at radius 1 is 1.37 bits per heavy atom. The quantitative estimate of drug-likeness (QED) is 0.888. The first kappa shape index (κ1) is 13.8. The Hall–Kier alpha value is -1.59. The van der Waals surface area contributed by atoms with Gasteiger partial charge in [-0.1, -0.05) is 12.1 Å². The molecule has 0 aliphatic rings. The largest absolute Gasteiger partial charge is 0.497 e. The summed E-state index contributed by atoms with van der Waals surface area (Å²) in [5.41, 5.74) is 0.809. The molecule has 0 aliphatic carbocycles. The Balaban J connectivity index is 1.96. The van der Waals surface area contributed by atoms with Crippen LogP contribution in [0.2, 0.25) is 0 Å². The lowest BCUT2D eigenvalue weighted by Crippen LogP contribution is -2.12. The molecule has 0 radical (unpaired) electrons. The molecule has 100 valence electrons. The van der Waals surface area contributed by atoms with E-state index >= 15 is 0 Å². The number of benzene rings is 1. The van der Waals surface area contributed by atoms with E-state index < -0.39 is 6.10 Å². The predicted octanol–water partition coefficient (Wildman–Crippen LogP) is 3.00. The molecule has 1 unspecified atom stereocenters.